The Morgan fingerprint density at radius 2 is 1.75 bits per heavy atom. The number of hydrogen-bond acceptors (Lipinski definition) is 7. The van der Waals surface area contributed by atoms with Crippen molar-refractivity contribution in [3.63, 3.8) is 0 Å². The smallest absolute Gasteiger partial charge is 0.274 e. The second kappa shape index (κ2) is 14.2. The van der Waals surface area contributed by atoms with Gasteiger partial charge in [0.1, 0.15) is 23.8 Å². The minimum atomic E-state index is -0.929. The highest BCUT2D eigenvalue weighted by molar-refractivity contribution is 5.97. The topological polar surface area (TPSA) is 154 Å². The van der Waals surface area contributed by atoms with Gasteiger partial charge in [0.15, 0.2) is 0 Å². The number of nitrogens with one attached hydrogen (secondary N) is 3. The van der Waals surface area contributed by atoms with Gasteiger partial charge >= 0.3 is 0 Å². The van der Waals surface area contributed by atoms with Crippen molar-refractivity contribution in [2.24, 2.45) is 5.92 Å². The Morgan fingerprint density at radius 1 is 1.02 bits per heavy atom. The number of amides is 5. The quantitative estimate of drug-likeness (QED) is 0.478. The molecular formula is C28H37N7O5. The van der Waals surface area contributed by atoms with Crippen LogP contribution >= 0.6 is 0 Å². The van der Waals surface area contributed by atoms with Crippen LogP contribution in [0.1, 0.15) is 43.2 Å². The maximum Gasteiger partial charge on any atom is 0.274 e. The molecule has 0 bridgehead atoms. The lowest BCUT2D eigenvalue weighted by Crippen LogP contribution is -2.57. The monoisotopic (exact) mass is 551 g/mol. The van der Waals surface area contributed by atoms with Crippen molar-refractivity contribution in [2.45, 2.75) is 51.7 Å². The minimum Gasteiger partial charge on any atom is -0.353 e. The lowest BCUT2D eigenvalue weighted by atomic mass is 10.0. The molecule has 1 saturated heterocycles. The van der Waals surface area contributed by atoms with E-state index in [1.807, 2.05) is 44.2 Å². The van der Waals surface area contributed by atoms with Crippen molar-refractivity contribution < 1.29 is 24.0 Å². The Morgan fingerprint density at radius 3 is 2.40 bits per heavy atom. The Labute approximate surface area is 233 Å². The molecule has 12 heteroatoms. The van der Waals surface area contributed by atoms with E-state index in [1.54, 1.807) is 6.92 Å². The summed E-state index contributed by atoms with van der Waals surface area (Å²) in [6, 6.07) is 6.48. The van der Waals surface area contributed by atoms with Gasteiger partial charge in [-0.3, -0.25) is 29.0 Å². The Balaban J connectivity index is 1.93. The summed E-state index contributed by atoms with van der Waals surface area (Å²) in [5.41, 5.74) is 0.876. The van der Waals surface area contributed by atoms with Gasteiger partial charge in [0, 0.05) is 39.0 Å². The van der Waals surface area contributed by atoms with Crippen LogP contribution in [0.4, 0.5) is 0 Å². The number of likely N-dealkylation sites (N-methyl/N-ethyl adjacent to an activating group) is 1. The highest BCUT2D eigenvalue weighted by atomic mass is 16.2. The molecule has 1 aromatic carbocycles. The fourth-order valence-electron chi connectivity index (χ4n) is 4.33. The van der Waals surface area contributed by atoms with Gasteiger partial charge in [-0.05, 0) is 24.8 Å². The SMILES string of the molecule is CC(C)C[C@@H]1NC(=O)CN(C(=O)c2cnccn2)CCNC(=O)[C@H](Cc2ccccc2)NC(=O)[C@H](C)N(C)C1=O. The zero-order valence-electron chi connectivity index (χ0n) is 23.3. The highest BCUT2D eigenvalue weighted by Crippen LogP contribution is 2.11. The van der Waals surface area contributed by atoms with Crippen LogP contribution in [0, 0.1) is 5.92 Å². The predicted octanol–water partition coefficient (Wildman–Crippen LogP) is 0.154. The largest absolute Gasteiger partial charge is 0.353 e. The van der Waals surface area contributed by atoms with Crippen molar-refractivity contribution in [3.05, 3.63) is 60.2 Å². The van der Waals surface area contributed by atoms with Crippen LogP contribution in [0.25, 0.3) is 0 Å². The number of rotatable bonds is 5. The van der Waals surface area contributed by atoms with E-state index in [9.17, 15) is 24.0 Å². The van der Waals surface area contributed by atoms with E-state index in [4.69, 9.17) is 0 Å². The first-order valence-electron chi connectivity index (χ1n) is 13.3. The molecular weight excluding hydrogens is 514 g/mol. The van der Waals surface area contributed by atoms with E-state index in [-0.39, 0.29) is 37.7 Å². The number of hydrogen-bond donors (Lipinski definition) is 3. The van der Waals surface area contributed by atoms with E-state index < -0.39 is 47.7 Å². The molecule has 214 valence electrons. The molecule has 2 aromatic rings. The van der Waals surface area contributed by atoms with Gasteiger partial charge in [0.2, 0.25) is 23.6 Å². The number of carbonyl (C=O) groups is 5. The van der Waals surface area contributed by atoms with Crippen LogP contribution in [0.15, 0.2) is 48.9 Å². The van der Waals surface area contributed by atoms with E-state index >= 15 is 0 Å². The van der Waals surface area contributed by atoms with Gasteiger partial charge in [-0.1, -0.05) is 44.2 Å². The third-order valence-electron chi connectivity index (χ3n) is 6.65. The third-order valence-corrected chi connectivity index (χ3v) is 6.65. The first kappa shape index (κ1) is 30.2. The van der Waals surface area contributed by atoms with Crippen LogP contribution in [0.3, 0.4) is 0 Å². The molecule has 3 atom stereocenters. The molecule has 1 fully saturated rings. The fourth-order valence-corrected chi connectivity index (χ4v) is 4.33. The van der Waals surface area contributed by atoms with Crippen LogP contribution in [0.5, 0.6) is 0 Å². The lowest BCUT2D eigenvalue weighted by Gasteiger charge is -2.30. The molecule has 12 nitrogen and oxygen atoms in total. The molecule has 0 aliphatic carbocycles. The molecule has 3 rings (SSSR count). The molecule has 0 spiro atoms. The number of aromatic nitrogens is 2. The molecule has 0 radical (unpaired) electrons. The summed E-state index contributed by atoms with van der Waals surface area (Å²) in [5, 5.41) is 8.29. The Bertz CT molecular complexity index is 1190. The first-order valence-corrected chi connectivity index (χ1v) is 13.3. The minimum absolute atomic E-state index is 0.0142. The highest BCUT2D eigenvalue weighted by Gasteiger charge is 2.33. The summed E-state index contributed by atoms with van der Waals surface area (Å²) in [5.74, 6) is -2.45. The summed E-state index contributed by atoms with van der Waals surface area (Å²) in [6.07, 6.45) is 4.64. The van der Waals surface area contributed by atoms with Crippen molar-refractivity contribution in [1.29, 1.82) is 0 Å². The lowest BCUT2D eigenvalue weighted by molar-refractivity contribution is -0.142. The molecule has 2 heterocycles. The zero-order chi connectivity index (χ0) is 29.2. The predicted molar refractivity (Wildman–Crippen MR) is 147 cm³/mol. The van der Waals surface area contributed by atoms with Gasteiger partial charge in [0.05, 0.1) is 12.7 Å². The van der Waals surface area contributed by atoms with Crippen molar-refractivity contribution >= 4 is 29.5 Å². The van der Waals surface area contributed by atoms with Gasteiger partial charge in [0.25, 0.3) is 5.91 Å². The van der Waals surface area contributed by atoms with Gasteiger partial charge in [-0.15, -0.1) is 0 Å². The average Bonchev–Trinajstić information content (AvgIpc) is 2.94. The van der Waals surface area contributed by atoms with Crippen molar-refractivity contribution in [3.8, 4) is 0 Å². The molecule has 1 aliphatic rings. The standard InChI is InChI=1S/C28H37N7O5/c1-18(2)14-22-27(39)34(4)19(3)25(37)33-21(15-20-8-6-5-7-9-20)26(38)31-12-13-35(17-24(36)32-22)28(40)23-16-29-10-11-30-23/h5-11,16,18-19,21-22H,12-15,17H2,1-4H3,(H,31,38)(H,32,36)(H,33,37)/t19-,21-,22-/m0/s1. The fraction of sp³-hybridized carbons (Fsp3) is 0.464. The van der Waals surface area contributed by atoms with Crippen molar-refractivity contribution in [2.75, 3.05) is 26.7 Å². The van der Waals surface area contributed by atoms with Crippen LogP contribution in [-0.4, -0.2) is 94.1 Å². The van der Waals surface area contributed by atoms with Gasteiger partial charge in [-0.25, -0.2) is 4.98 Å². The van der Waals surface area contributed by atoms with E-state index in [0.29, 0.717) is 6.42 Å². The number of benzene rings is 1. The van der Waals surface area contributed by atoms with Crippen molar-refractivity contribution in [1.82, 2.24) is 35.7 Å². The average molecular weight is 552 g/mol. The Kier molecular flexibility index (Phi) is 10.7. The van der Waals surface area contributed by atoms with Crippen LogP contribution < -0.4 is 16.0 Å². The summed E-state index contributed by atoms with van der Waals surface area (Å²) in [6.45, 7) is 5.04. The third kappa shape index (κ3) is 8.32. The molecule has 1 aliphatic heterocycles. The first-order chi connectivity index (χ1) is 19.1. The molecule has 5 amide bonds. The Hall–Kier alpha value is -4.35. The molecule has 0 unspecified atom stereocenters. The summed E-state index contributed by atoms with van der Waals surface area (Å²) in [4.78, 5) is 76.6. The number of nitrogens with zero attached hydrogens (tertiary/aromatic N) is 4. The maximum atomic E-state index is 13.4. The van der Waals surface area contributed by atoms with Gasteiger partial charge < -0.3 is 25.8 Å². The maximum absolute atomic E-state index is 13.4. The molecule has 0 saturated carbocycles. The second-order valence-electron chi connectivity index (χ2n) is 10.2. The second-order valence-corrected chi connectivity index (χ2v) is 10.2. The van der Waals surface area contributed by atoms with E-state index in [1.165, 1.54) is 35.4 Å². The summed E-state index contributed by atoms with van der Waals surface area (Å²) < 4.78 is 0. The summed E-state index contributed by atoms with van der Waals surface area (Å²) >= 11 is 0. The number of carbonyl (C=O) groups excluding carboxylic acids is 5. The van der Waals surface area contributed by atoms with Crippen LogP contribution in [0.2, 0.25) is 0 Å². The summed E-state index contributed by atoms with van der Waals surface area (Å²) in [7, 11) is 1.49. The van der Waals surface area contributed by atoms with Crippen LogP contribution in [-0.2, 0) is 25.6 Å². The molecule has 3 N–H and O–H groups in total. The van der Waals surface area contributed by atoms with E-state index in [0.717, 1.165) is 5.56 Å². The normalized spacial score (nSPS) is 21.7. The van der Waals surface area contributed by atoms with E-state index in [2.05, 4.69) is 25.9 Å². The zero-order valence-corrected chi connectivity index (χ0v) is 23.3. The molecule has 40 heavy (non-hydrogen) atoms. The molecule has 1 aromatic heterocycles. The van der Waals surface area contributed by atoms with Gasteiger partial charge in [-0.2, -0.15) is 0 Å².